The minimum Gasteiger partial charge on any atom is -0.326 e. The Labute approximate surface area is 153 Å². The number of benzene rings is 2. The molecule has 4 nitrogen and oxygen atoms in total. The predicted octanol–water partition coefficient (Wildman–Crippen LogP) is 4.16. The van der Waals surface area contributed by atoms with Crippen LogP contribution < -0.4 is 10.2 Å². The van der Waals surface area contributed by atoms with Crippen molar-refractivity contribution in [1.29, 1.82) is 0 Å². The number of unbranched alkanes of at least 4 members (excludes halogenated alkanes) is 1. The Hall–Kier alpha value is -2.69. The Morgan fingerprint density at radius 1 is 1.15 bits per heavy atom. The quantitative estimate of drug-likeness (QED) is 0.847. The number of halogens is 1. The molecule has 1 heterocycles. The zero-order chi connectivity index (χ0) is 18.5. The number of anilines is 2. The third kappa shape index (κ3) is 4.28. The van der Waals surface area contributed by atoms with Gasteiger partial charge in [0.15, 0.2) is 0 Å². The van der Waals surface area contributed by atoms with E-state index in [4.69, 9.17) is 0 Å². The van der Waals surface area contributed by atoms with Gasteiger partial charge in [0, 0.05) is 24.3 Å². The summed E-state index contributed by atoms with van der Waals surface area (Å²) in [6.45, 7) is 2.47. The van der Waals surface area contributed by atoms with Gasteiger partial charge in [-0.2, -0.15) is 0 Å². The van der Waals surface area contributed by atoms with Crippen LogP contribution in [0.3, 0.4) is 0 Å². The van der Waals surface area contributed by atoms with E-state index in [9.17, 15) is 14.0 Å². The highest BCUT2D eigenvalue weighted by Crippen LogP contribution is 2.26. The summed E-state index contributed by atoms with van der Waals surface area (Å²) in [6.07, 6.45) is 3.50. The summed E-state index contributed by atoms with van der Waals surface area (Å²) >= 11 is 0. The highest BCUT2D eigenvalue weighted by atomic mass is 19.1. The molecular weight excluding hydrogens is 331 g/mol. The predicted molar refractivity (Wildman–Crippen MR) is 101 cm³/mol. The van der Waals surface area contributed by atoms with E-state index in [-0.39, 0.29) is 24.1 Å². The number of rotatable bonds is 6. The number of carbonyl (C=O) groups excluding carboxylic acids is 2. The van der Waals surface area contributed by atoms with E-state index in [2.05, 4.69) is 12.2 Å². The van der Waals surface area contributed by atoms with Gasteiger partial charge in [0.25, 0.3) is 0 Å². The average Bonchev–Trinajstić information content (AvgIpc) is 3.04. The molecule has 0 aromatic heterocycles. The lowest BCUT2D eigenvalue weighted by molar-refractivity contribution is -0.122. The summed E-state index contributed by atoms with van der Waals surface area (Å²) < 4.78 is 13.0. The van der Waals surface area contributed by atoms with Gasteiger partial charge in [0.2, 0.25) is 11.8 Å². The molecule has 0 unspecified atom stereocenters. The van der Waals surface area contributed by atoms with Crippen LogP contribution in [0.5, 0.6) is 0 Å². The molecule has 1 saturated heterocycles. The second-order valence-electron chi connectivity index (χ2n) is 6.67. The summed E-state index contributed by atoms with van der Waals surface area (Å²) in [5.74, 6) is -1.04. The Kier molecular flexibility index (Phi) is 5.66. The Morgan fingerprint density at radius 2 is 1.85 bits per heavy atom. The van der Waals surface area contributed by atoms with Crippen molar-refractivity contribution in [3.05, 3.63) is 59.9 Å². The summed E-state index contributed by atoms with van der Waals surface area (Å²) in [4.78, 5) is 26.3. The van der Waals surface area contributed by atoms with Crippen LogP contribution in [0.2, 0.25) is 0 Å². The SMILES string of the molecule is CCCCc1ccc(NC(=O)[C@H]2CC(=O)N(c3ccc(F)cc3)C2)cc1. The van der Waals surface area contributed by atoms with Crippen molar-refractivity contribution < 1.29 is 14.0 Å². The topological polar surface area (TPSA) is 49.4 Å². The zero-order valence-electron chi connectivity index (χ0n) is 14.9. The maximum Gasteiger partial charge on any atom is 0.229 e. The number of nitrogens with zero attached hydrogens (tertiary/aromatic N) is 1. The molecule has 0 spiro atoms. The standard InChI is InChI=1S/C21H23FN2O2/c1-2-3-4-15-5-9-18(10-6-15)23-21(26)16-13-20(25)24(14-16)19-11-7-17(22)8-12-19/h5-12,16H,2-4,13-14H2,1H3,(H,23,26)/t16-/m0/s1. The van der Waals surface area contributed by atoms with Crippen molar-refractivity contribution in [2.75, 3.05) is 16.8 Å². The van der Waals surface area contributed by atoms with Crippen molar-refractivity contribution in [2.24, 2.45) is 5.92 Å². The lowest BCUT2D eigenvalue weighted by atomic mass is 10.1. The van der Waals surface area contributed by atoms with Crippen LogP contribution in [0.25, 0.3) is 0 Å². The molecule has 0 saturated carbocycles. The molecule has 3 rings (SSSR count). The monoisotopic (exact) mass is 354 g/mol. The van der Waals surface area contributed by atoms with Gasteiger partial charge in [0.05, 0.1) is 5.92 Å². The normalized spacial score (nSPS) is 16.8. The Balaban J connectivity index is 1.60. The van der Waals surface area contributed by atoms with Crippen LogP contribution >= 0.6 is 0 Å². The summed E-state index contributed by atoms with van der Waals surface area (Å²) in [7, 11) is 0. The molecule has 2 aromatic carbocycles. The summed E-state index contributed by atoms with van der Waals surface area (Å²) in [5.41, 5.74) is 2.61. The van der Waals surface area contributed by atoms with Gasteiger partial charge >= 0.3 is 0 Å². The van der Waals surface area contributed by atoms with Crippen LogP contribution in [0, 0.1) is 11.7 Å². The molecule has 2 aromatic rings. The molecule has 136 valence electrons. The van der Waals surface area contributed by atoms with Crippen LogP contribution in [0.15, 0.2) is 48.5 Å². The van der Waals surface area contributed by atoms with Gasteiger partial charge in [0.1, 0.15) is 5.82 Å². The highest BCUT2D eigenvalue weighted by Gasteiger charge is 2.35. The lowest BCUT2D eigenvalue weighted by Gasteiger charge is -2.16. The van der Waals surface area contributed by atoms with Crippen molar-refractivity contribution >= 4 is 23.2 Å². The molecule has 0 radical (unpaired) electrons. The fourth-order valence-electron chi connectivity index (χ4n) is 3.13. The summed E-state index contributed by atoms with van der Waals surface area (Å²) in [6, 6.07) is 13.6. The Morgan fingerprint density at radius 3 is 2.50 bits per heavy atom. The van der Waals surface area contributed by atoms with Crippen molar-refractivity contribution in [3.8, 4) is 0 Å². The number of amides is 2. The molecule has 1 fully saturated rings. The molecular formula is C21H23FN2O2. The molecule has 1 aliphatic rings. The third-order valence-corrected chi connectivity index (χ3v) is 4.67. The number of hydrogen-bond acceptors (Lipinski definition) is 2. The average molecular weight is 354 g/mol. The maximum atomic E-state index is 13.0. The minimum atomic E-state index is -0.410. The van der Waals surface area contributed by atoms with Crippen LogP contribution in [0.4, 0.5) is 15.8 Å². The van der Waals surface area contributed by atoms with Crippen molar-refractivity contribution in [2.45, 2.75) is 32.6 Å². The van der Waals surface area contributed by atoms with E-state index in [1.54, 1.807) is 12.1 Å². The molecule has 5 heteroatoms. The third-order valence-electron chi connectivity index (χ3n) is 4.67. The van der Waals surface area contributed by atoms with E-state index >= 15 is 0 Å². The smallest absolute Gasteiger partial charge is 0.229 e. The number of nitrogens with one attached hydrogen (secondary N) is 1. The first kappa shape index (κ1) is 18.1. The molecule has 26 heavy (non-hydrogen) atoms. The fourth-order valence-corrected chi connectivity index (χ4v) is 3.13. The minimum absolute atomic E-state index is 0.119. The first-order valence-electron chi connectivity index (χ1n) is 9.02. The molecule has 0 bridgehead atoms. The van der Waals surface area contributed by atoms with E-state index < -0.39 is 5.92 Å². The van der Waals surface area contributed by atoms with E-state index in [1.807, 2.05) is 24.3 Å². The first-order valence-corrected chi connectivity index (χ1v) is 9.02. The van der Waals surface area contributed by atoms with Gasteiger partial charge in [-0.05, 0) is 54.8 Å². The van der Waals surface area contributed by atoms with Crippen LogP contribution in [0.1, 0.15) is 31.7 Å². The molecule has 1 atom stereocenters. The van der Waals surface area contributed by atoms with Crippen molar-refractivity contribution in [1.82, 2.24) is 0 Å². The van der Waals surface area contributed by atoms with Crippen molar-refractivity contribution in [3.63, 3.8) is 0 Å². The van der Waals surface area contributed by atoms with Crippen LogP contribution in [-0.4, -0.2) is 18.4 Å². The van der Waals surface area contributed by atoms with Gasteiger partial charge in [-0.15, -0.1) is 0 Å². The number of hydrogen-bond donors (Lipinski definition) is 1. The van der Waals surface area contributed by atoms with Gasteiger partial charge in [-0.3, -0.25) is 9.59 Å². The van der Waals surface area contributed by atoms with E-state index in [0.29, 0.717) is 12.2 Å². The molecule has 0 aliphatic carbocycles. The van der Waals surface area contributed by atoms with Gasteiger partial charge < -0.3 is 10.2 Å². The van der Waals surface area contributed by atoms with E-state index in [1.165, 1.54) is 22.6 Å². The first-order chi connectivity index (χ1) is 12.6. The molecule has 1 aliphatic heterocycles. The summed E-state index contributed by atoms with van der Waals surface area (Å²) in [5, 5.41) is 2.89. The second kappa shape index (κ2) is 8.13. The zero-order valence-corrected chi connectivity index (χ0v) is 14.9. The fraction of sp³-hybridized carbons (Fsp3) is 0.333. The van der Waals surface area contributed by atoms with E-state index in [0.717, 1.165) is 24.9 Å². The number of aryl methyl sites for hydroxylation is 1. The van der Waals surface area contributed by atoms with Crippen LogP contribution in [-0.2, 0) is 16.0 Å². The second-order valence-corrected chi connectivity index (χ2v) is 6.67. The molecule has 1 N–H and O–H groups in total. The lowest BCUT2D eigenvalue weighted by Crippen LogP contribution is -2.28. The van der Waals surface area contributed by atoms with Gasteiger partial charge in [-0.25, -0.2) is 4.39 Å². The van der Waals surface area contributed by atoms with Gasteiger partial charge in [-0.1, -0.05) is 25.5 Å². The number of carbonyl (C=O) groups is 2. The maximum absolute atomic E-state index is 13.0. The molecule has 2 amide bonds. The largest absolute Gasteiger partial charge is 0.326 e. The highest BCUT2D eigenvalue weighted by molar-refractivity contribution is 6.03. The Bertz CT molecular complexity index is 772.